The van der Waals surface area contributed by atoms with Crippen molar-refractivity contribution in [3.05, 3.63) is 0 Å². The Labute approximate surface area is 109 Å². The third-order valence-corrected chi connectivity index (χ3v) is 3.81. The molecule has 84 valence electrons. The fraction of sp³-hybridized carbons (Fsp3) is 1.00. The first-order valence-corrected chi connectivity index (χ1v) is 8.63. The Morgan fingerprint density at radius 3 is 1.71 bits per heavy atom. The van der Waals surface area contributed by atoms with Gasteiger partial charge >= 0.3 is 110 Å². The Hall–Kier alpha value is 1.15. The van der Waals surface area contributed by atoms with Crippen LogP contribution in [0.2, 0.25) is 0 Å². The Morgan fingerprint density at radius 2 is 1.29 bits per heavy atom. The van der Waals surface area contributed by atoms with Crippen molar-refractivity contribution >= 4 is 35.2 Å². The number of hydrogen-bond acceptors (Lipinski definition) is 1. The molecule has 0 aromatic rings. The van der Waals surface area contributed by atoms with Crippen molar-refractivity contribution in [3.8, 4) is 0 Å². The summed E-state index contributed by atoms with van der Waals surface area (Å²) in [5, 5.41) is 0. The van der Waals surface area contributed by atoms with Gasteiger partial charge in [0.25, 0.3) is 0 Å². The zero-order chi connectivity index (χ0) is 10.6. The van der Waals surface area contributed by atoms with Crippen LogP contribution in [0.4, 0.5) is 0 Å². The molecular formula is C12H26SSn. The second-order valence-electron chi connectivity index (χ2n) is 4.18. The van der Waals surface area contributed by atoms with Gasteiger partial charge in [-0.25, -0.2) is 0 Å². The average Bonchev–Trinajstić information content (AvgIpc) is 2.15. The molecule has 0 aromatic heterocycles. The summed E-state index contributed by atoms with van der Waals surface area (Å²) in [6, 6.07) is 0. The summed E-state index contributed by atoms with van der Waals surface area (Å²) in [7, 11) is 0. The molecule has 0 aliphatic carbocycles. The molecule has 0 heterocycles. The second kappa shape index (κ2) is 12.2. The molecule has 0 rings (SSSR count). The van der Waals surface area contributed by atoms with Crippen LogP contribution in [0, 0.1) is 0 Å². The molecule has 0 amide bonds. The zero-order valence-electron chi connectivity index (χ0n) is 9.67. The SMILES string of the molecule is CCCCCCCCCCC[CH](S)[SnH]. The van der Waals surface area contributed by atoms with E-state index in [0.717, 1.165) is 3.27 Å². The molecule has 2 radical (unpaired) electrons. The van der Waals surface area contributed by atoms with Gasteiger partial charge in [-0.1, -0.05) is 0 Å². The fourth-order valence-corrected chi connectivity index (χ4v) is 2.52. The summed E-state index contributed by atoms with van der Waals surface area (Å²) >= 11 is 5.75. The van der Waals surface area contributed by atoms with E-state index in [1.165, 1.54) is 86.7 Å². The molecule has 0 nitrogen and oxygen atoms in total. The van der Waals surface area contributed by atoms with E-state index in [1.54, 1.807) is 0 Å². The number of hydrogen-bond donors (Lipinski definition) is 1. The average molecular weight is 321 g/mol. The fourth-order valence-electron chi connectivity index (χ4n) is 1.66. The topological polar surface area (TPSA) is 0 Å². The normalized spacial score (nSPS) is 13.1. The van der Waals surface area contributed by atoms with Gasteiger partial charge in [0.15, 0.2) is 0 Å². The molecular weight excluding hydrogens is 295 g/mol. The third kappa shape index (κ3) is 13.1. The van der Waals surface area contributed by atoms with Gasteiger partial charge in [0.05, 0.1) is 0 Å². The van der Waals surface area contributed by atoms with E-state index in [-0.39, 0.29) is 0 Å². The van der Waals surface area contributed by atoms with E-state index in [2.05, 4.69) is 19.6 Å². The van der Waals surface area contributed by atoms with Crippen LogP contribution in [0.25, 0.3) is 0 Å². The summed E-state index contributed by atoms with van der Waals surface area (Å²) in [6.07, 6.45) is 14.3. The van der Waals surface area contributed by atoms with Gasteiger partial charge in [-0.05, 0) is 0 Å². The molecule has 14 heavy (non-hydrogen) atoms. The molecule has 0 aliphatic heterocycles. The molecule has 0 saturated heterocycles. The van der Waals surface area contributed by atoms with E-state index in [0.29, 0.717) is 0 Å². The van der Waals surface area contributed by atoms with E-state index in [1.807, 2.05) is 0 Å². The number of rotatable bonds is 10. The first kappa shape index (κ1) is 15.1. The first-order chi connectivity index (χ1) is 6.77. The van der Waals surface area contributed by atoms with Gasteiger partial charge in [0.2, 0.25) is 0 Å². The maximum absolute atomic E-state index is 4.44. The summed E-state index contributed by atoms with van der Waals surface area (Å²) in [5.41, 5.74) is 0. The van der Waals surface area contributed by atoms with E-state index >= 15 is 0 Å². The minimum atomic E-state index is 0.727. The first-order valence-electron chi connectivity index (χ1n) is 6.21. The Kier molecular flexibility index (Phi) is 13.2. The summed E-state index contributed by atoms with van der Waals surface area (Å²) in [5.74, 6) is 0. The monoisotopic (exact) mass is 322 g/mol. The van der Waals surface area contributed by atoms with Crippen molar-refractivity contribution in [2.75, 3.05) is 0 Å². The molecule has 0 spiro atoms. The van der Waals surface area contributed by atoms with Crippen molar-refractivity contribution < 1.29 is 0 Å². The molecule has 0 bridgehead atoms. The molecule has 1 unspecified atom stereocenters. The van der Waals surface area contributed by atoms with Crippen LogP contribution >= 0.6 is 12.6 Å². The van der Waals surface area contributed by atoms with Crippen LogP contribution in [-0.2, 0) is 0 Å². The van der Waals surface area contributed by atoms with Crippen LogP contribution in [0.15, 0.2) is 0 Å². The number of thiol groups is 1. The van der Waals surface area contributed by atoms with E-state index in [9.17, 15) is 0 Å². The molecule has 1 atom stereocenters. The number of unbranched alkanes of at least 4 members (excludes halogenated alkanes) is 8. The van der Waals surface area contributed by atoms with Crippen molar-refractivity contribution in [3.63, 3.8) is 0 Å². The Morgan fingerprint density at radius 1 is 0.857 bits per heavy atom. The maximum atomic E-state index is 4.44. The van der Waals surface area contributed by atoms with Gasteiger partial charge in [-0.2, -0.15) is 0 Å². The van der Waals surface area contributed by atoms with Crippen LogP contribution in [0.5, 0.6) is 0 Å². The standard InChI is InChI=1S/C12H25S.Sn.H/c1-2-3-4-5-6-7-8-9-10-11-12-13;;/h12-13H,2-11H2,1H3;;. The summed E-state index contributed by atoms with van der Waals surface area (Å²) < 4.78 is 0.727. The Balaban J connectivity index is 2.85. The molecule has 0 aliphatic rings. The van der Waals surface area contributed by atoms with Crippen LogP contribution in [0.1, 0.15) is 71.1 Å². The molecule has 0 N–H and O–H groups in total. The second-order valence-corrected chi connectivity index (χ2v) is 8.75. The van der Waals surface area contributed by atoms with Gasteiger partial charge < -0.3 is 0 Å². The third-order valence-electron chi connectivity index (χ3n) is 2.60. The summed E-state index contributed by atoms with van der Waals surface area (Å²) in [6.45, 7) is 2.28. The van der Waals surface area contributed by atoms with Crippen LogP contribution in [-0.4, -0.2) is 25.8 Å². The predicted molar refractivity (Wildman–Crippen MR) is 71.8 cm³/mol. The van der Waals surface area contributed by atoms with Crippen LogP contribution in [0.3, 0.4) is 0 Å². The van der Waals surface area contributed by atoms with E-state index < -0.39 is 0 Å². The molecule has 2 heteroatoms. The van der Waals surface area contributed by atoms with Gasteiger partial charge in [0, 0.05) is 0 Å². The summed E-state index contributed by atoms with van der Waals surface area (Å²) in [4.78, 5) is 0. The van der Waals surface area contributed by atoms with E-state index in [4.69, 9.17) is 0 Å². The Bertz CT molecular complexity index is 104. The van der Waals surface area contributed by atoms with Crippen molar-refractivity contribution in [1.29, 1.82) is 0 Å². The minimum absolute atomic E-state index is 0.727. The predicted octanol–water partition coefficient (Wildman–Crippen LogP) is 4.06. The van der Waals surface area contributed by atoms with Gasteiger partial charge in [-0.15, -0.1) is 0 Å². The molecule has 0 fully saturated rings. The van der Waals surface area contributed by atoms with Crippen molar-refractivity contribution in [2.45, 2.75) is 74.4 Å². The molecule has 0 aromatic carbocycles. The van der Waals surface area contributed by atoms with Crippen molar-refractivity contribution in [1.82, 2.24) is 0 Å². The zero-order valence-corrected chi connectivity index (χ0v) is 13.9. The van der Waals surface area contributed by atoms with Crippen molar-refractivity contribution in [2.24, 2.45) is 0 Å². The van der Waals surface area contributed by atoms with Gasteiger partial charge in [-0.3, -0.25) is 0 Å². The molecule has 0 saturated carbocycles. The quantitative estimate of drug-likeness (QED) is 0.350. The van der Waals surface area contributed by atoms with Crippen LogP contribution < -0.4 is 0 Å². The van der Waals surface area contributed by atoms with Gasteiger partial charge in [0.1, 0.15) is 0 Å².